The fourth-order valence-corrected chi connectivity index (χ4v) is 4.43. The average Bonchev–Trinajstić information content (AvgIpc) is 2.97. The first kappa shape index (κ1) is 15.0. The van der Waals surface area contributed by atoms with Gasteiger partial charge in [-0.05, 0) is 61.8 Å². The lowest BCUT2D eigenvalue weighted by Crippen LogP contribution is -2.25. The number of fused-ring (bicyclic) bond motifs is 1. The number of carboxylic acid groups (broad SMARTS) is 1. The van der Waals surface area contributed by atoms with E-state index < -0.39 is 5.97 Å². The largest absolute Gasteiger partial charge is 0.481 e. The highest BCUT2D eigenvalue weighted by atomic mass is 79.9. The molecular formula is C17H22BrNO2. The summed E-state index contributed by atoms with van der Waals surface area (Å²) >= 11 is 3.51. The molecule has 3 rings (SSSR count). The number of halogens is 1. The highest BCUT2D eigenvalue weighted by Crippen LogP contribution is 2.41. The molecule has 1 aliphatic carbocycles. The quantitative estimate of drug-likeness (QED) is 0.883. The number of likely N-dealkylation sites (tertiary alicyclic amines) is 1. The van der Waals surface area contributed by atoms with Crippen LogP contribution in [0.3, 0.4) is 0 Å². The Morgan fingerprint density at radius 2 is 2.00 bits per heavy atom. The van der Waals surface area contributed by atoms with Gasteiger partial charge in [-0.25, -0.2) is 0 Å². The van der Waals surface area contributed by atoms with Crippen LogP contribution in [0.5, 0.6) is 0 Å². The molecule has 1 aliphatic heterocycles. The molecule has 4 heteroatoms. The van der Waals surface area contributed by atoms with Crippen LogP contribution in [0.4, 0.5) is 0 Å². The minimum atomic E-state index is -0.592. The first-order valence-electron chi connectivity index (χ1n) is 7.81. The van der Waals surface area contributed by atoms with Gasteiger partial charge < -0.3 is 10.0 Å². The molecule has 2 aliphatic rings. The number of hydrogen-bond donors (Lipinski definition) is 1. The molecule has 0 spiro atoms. The average molecular weight is 352 g/mol. The van der Waals surface area contributed by atoms with Crippen LogP contribution in [-0.2, 0) is 11.2 Å². The van der Waals surface area contributed by atoms with Crippen molar-refractivity contribution < 1.29 is 9.90 Å². The van der Waals surface area contributed by atoms with E-state index in [1.165, 1.54) is 12.0 Å². The van der Waals surface area contributed by atoms with E-state index in [1.807, 2.05) is 0 Å². The molecular weight excluding hydrogens is 330 g/mol. The second kappa shape index (κ2) is 6.49. The number of nitrogens with zero attached hydrogens (tertiary/aromatic N) is 1. The zero-order chi connectivity index (χ0) is 14.8. The van der Waals surface area contributed by atoms with Crippen molar-refractivity contribution in [3.8, 4) is 0 Å². The lowest BCUT2D eigenvalue weighted by atomic mass is 10.0. The zero-order valence-electron chi connectivity index (χ0n) is 12.2. The topological polar surface area (TPSA) is 40.5 Å². The summed E-state index contributed by atoms with van der Waals surface area (Å²) in [6.45, 7) is 3.34. The molecule has 0 aromatic heterocycles. The molecule has 3 atom stereocenters. The second-order valence-corrected chi connectivity index (χ2v) is 7.44. The first-order chi connectivity index (χ1) is 10.1. The van der Waals surface area contributed by atoms with Gasteiger partial charge in [0.1, 0.15) is 0 Å². The van der Waals surface area contributed by atoms with Crippen LogP contribution in [0.15, 0.2) is 28.7 Å². The van der Waals surface area contributed by atoms with Crippen molar-refractivity contribution in [2.75, 3.05) is 19.6 Å². The molecule has 0 radical (unpaired) electrons. The Morgan fingerprint density at radius 3 is 2.62 bits per heavy atom. The van der Waals surface area contributed by atoms with Gasteiger partial charge in [-0.2, -0.15) is 0 Å². The molecule has 0 bridgehead atoms. The number of rotatable bonds is 5. The number of hydrogen-bond acceptors (Lipinski definition) is 2. The molecule has 3 nitrogen and oxygen atoms in total. The third-order valence-electron chi connectivity index (χ3n) is 5.00. The van der Waals surface area contributed by atoms with Gasteiger partial charge in [-0.3, -0.25) is 4.79 Å². The number of benzene rings is 1. The summed E-state index contributed by atoms with van der Waals surface area (Å²) in [5, 5.41) is 9.11. The third-order valence-corrected chi connectivity index (χ3v) is 5.50. The summed E-state index contributed by atoms with van der Waals surface area (Å²) in [5.74, 6) is 0.573. The van der Waals surface area contributed by atoms with Crippen molar-refractivity contribution in [3.05, 3.63) is 34.3 Å². The predicted octanol–water partition coefficient (Wildman–Crippen LogP) is 3.42. The Balaban J connectivity index is 1.42. The lowest BCUT2D eigenvalue weighted by molar-refractivity contribution is -0.141. The monoisotopic (exact) mass is 351 g/mol. The molecule has 1 saturated carbocycles. The number of carboxylic acids is 1. The van der Waals surface area contributed by atoms with Crippen molar-refractivity contribution in [2.24, 2.45) is 17.8 Å². The lowest BCUT2D eigenvalue weighted by Gasteiger charge is -2.17. The van der Waals surface area contributed by atoms with Crippen molar-refractivity contribution in [1.82, 2.24) is 4.90 Å². The maximum atomic E-state index is 11.1. The zero-order valence-corrected chi connectivity index (χ0v) is 13.8. The molecule has 1 N–H and O–H groups in total. The minimum Gasteiger partial charge on any atom is -0.481 e. The highest BCUT2D eigenvalue weighted by molar-refractivity contribution is 9.10. The van der Waals surface area contributed by atoms with E-state index in [4.69, 9.17) is 5.11 Å². The maximum Gasteiger partial charge on any atom is 0.306 e. The van der Waals surface area contributed by atoms with E-state index in [0.29, 0.717) is 11.8 Å². The molecule has 1 saturated heterocycles. The van der Waals surface area contributed by atoms with Gasteiger partial charge in [0.2, 0.25) is 0 Å². The predicted molar refractivity (Wildman–Crippen MR) is 86.2 cm³/mol. The molecule has 2 fully saturated rings. The van der Waals surface area contributed by atoms with Gasteiger partial charge in [0, 0.05) is 17.6 Å². The van der Waals surface area contributed by atoms with Gasteiger partial charge in [0.05, 0.1) is 5.92 Å². The van der Waals surface area contributed by atoms with Gasteiger partial charge in [-0.1, -0.05) is 28.1 Å². The van der Waals surface area contributed by atoms with Crippen LogP contribution >= 0.6 is 15.9 Å². The van der Waals surface area contributed by atoms with E-state index in [9.17, 15) is 4.79 Å². The standard InChI is InChI=1S/C17H22BrNO2/c18-16-5-1-3-12(7-16)4-2-6-19-10-14-8-13(17(20)21)9-15(14)11-19/h1,3,5,7,13-15H,2,4,6,8-11H2,(H,20,21)/t13?,14-,15+. The summed E-state index contributed by atoms with van der Waals surface area (Å²) in [5.41, 5.74) is 1.38. The normalized spacial score (nSPS) is 28.7. The molecule has 1 aromatic carbocycles. The SMILES string of the molecule is O=C(O)C1C[C@@H]2CN(CCCc3cccc(Br)c3)C[C@@H]2C1. The summed E-state index contributed by atoms with van der Waals surface area (Å²) in [6, 6.07) is 8.52. The first-order valence-corrected chi connectivity index (χ1v) is 8.60. The Morgan fingerprint density at radius 1 is 1.29 bits per heavy atom. The third kappa shape index (κ3) is 3.67. The maximum absolute atomic E-state index is 11.1. The van der Waals surface area contributed by atoms with Gasteiger partial charge >= 0.3 is 5.97 Å². The molecule has 21 heavy (non-hydrogen) atoms. The van der Waals surface area contributed by atoms with Crippen LogP contribution in [0.25, 0.3) is 0 Å². The smallest absolute Gasteiger partial charge is 0.306 e. The van der Waals surface area contributed by atoms with Gasteiger partial charge in [-0.15, -0.1) is 0 Å². The van der Waals surface area contributed by atoms with Crippen molar-refractivity contribution >= 4 is 21.9 Å². The fraction of sp³-hybridized carbons (Fsp3) is 0.588. The number of aliphatic carboxylic acids is 1. The highest BCUT2D eigenvalue weighted by Gasteiger charge is 2.42. The molecule has 0 amide bonds. The fourth-order valence-electron chi connectivity index (χ4n) is 3.98. The van der Waals surface area contributed by atoms with Crippen LogP contribution in [0, 0.1) is 17.8 Å². The minimum absolute atomic E-state index is 0.0798. The van der Waals surface area contributed by atoms with E-state index in [2.05, 4.69) is 45.1 Å². The summed E-state index contributed by atoms with van der Waals surface area (Å²) in [7, 11) is 0. The molecule has 114 valence electrons. The summed E-state index contributed by atoms with van der Waals surface area (Å²) < 4.78 is 1.15. The Hall–Kier alpha value is -0.870. The van der Waals surface area contributed by atoms with Gasteiger partial charge in [0.15, 0.2) is 0 Å². The molecule has 1 aromatic rings. The van der Waals surface area contributed by atoms with E-state index in [-0.39, 0.29) is 5.92 Å². The summed E-state index contributed by atoms with van der Waals surface area (Å²) in [4.78, 5) is 13.6. The van der Waals surface area contributed by atoms with Crippen LogP contribution in [0.2, 0.25) is 0 Å². The second-order valence-electron chi connectivity index (χ2n) is 6.52. The van der Waals surface area contributed by atoms with E-state index in [0.717, 1.165) is 43.4 Å². The number of carbonyl (C=O) groups is 1. The molecule has 1 unspecified atom stereocenters. The Bertz CT molecular complexity index is 505. The van der Waals surface area contributed by atoms with E-state index >= 15 is 0 Å². The van der Waals surface area contributed by atoms with Crippen LogP contribution in [0.1, 0.15) is 24.8 Å². The molecule has 1 heterocycles. The van der Waals surface area contributed by atoms with Crippen LogP contribution < -0.4 is 0 Å². The Labute approximate surface area is 134 Å². The summed E-state index contributed by atoms with van der Waals surface area (Å²) in [6.07, 6.45) is 4.07. The van der Waals surface area contributed by atoms with E-state index in [1.54, 1.807) is 0 Å². The Kier molecular flexibility index (Phi) is 4.65. The van der Waals surface area contributed by atoms with Crippen molar-refractivity contribution in [1.29, 1.82) is 0 Å². The van der Waals surface area contributed by atoms with Crippen molar-refractivity contribution in [3.63, 3.8) is 0 Å². The van der Waals surface area contributed by atoms with Gasteiger partial charge in [0.25, 0.3) is 0 Å². The van der Waals surface area contributed by atoms with Crippen LogP contribution in [-0.4, -0.2) is 35.6 Å². The van der Waals surface area contributed by atoms with Crippen molar-refractivity contribution in [2.45, 2.75) is 25.7 Å². The number of aryl methyl sites for hydroxylation is 1.